The fourth-order valence-corrected chi connectivity index (χ4v) is 1.58. The van der Waals surface area contributed by atoms with Crippen molar-refractivity contribution in [3.63, 3.8) is 0 Å². The van der Waals surface area contributed by atoms with Crippen molar-refractivity contribution in [1.82, 2.24) is 0 Å². The predicted molar refractivity (Wildman–Crippen MR) is 54.0 cm³/mol. The highest BCUT2D eigenvalue weighted by molar-refractivity contribution is 5.66. The van der Waals surface area contributed by atoms with Gasteiger partial charge in [-0.25, -0.2) is 9.18 Å². The Morgan fingerprint density at radius 3 is 2.63 bits per heavy atom. The van der Waals surface area contributed by atoms with Gasteiger partial charge in [0.15, 0.2) is 17.3 Å². The minimum Gasteiger partial charge on any atom is -0.469 e. The number of hydrogen-bond acceptors (Lipinski definition) is 3. The zero-order valence-electron chi connectivity index (χ0n) is 9.07. The SMILES string of the molecule is O=C(O)OC1=Cc2cccc(F)c2OC1C(F)(F)F. The first kappa shape index (κ1) is 13.2. The third-order valence-electron chi connectivity index (χ3n) is 2.29. The van der Waals surface area contributed by atoms with Crippen LogP contribution >= 0.6 is 0 Å². The lowest BCUT2D eigenvalue weighted by atomic mass is 10.1. The number of para-hydroxylation sites is 1. The molecule has 1 aliphatic rings. The van der Waals surface area contributed by atoms with Crippen LogP contribution in [0.1, 0.15) is 5.56 Å². The lowest BCUT2D eigenvalue weighted by molar-refractivity contribution is -0.192. The second kappa shape index (κ2) is 4.45. The molecule has 0 saturated carbocycles. The topological polar surface area (TPSA) is 55.8 Å². The van der Waals surface area contributed by atoms with Gasteiger partial charge in [0.05, 0.1) is 0 Å². The molecule has 1 N–H and O–H groups in total. The number of benzene rings is 1. The van der Waals surface area contributed by atoms with E-state index in [1.54, 1.807) is 0 Å². The molecular weight excluding hydrogens is 272 g/mol. The highest BCUT2D eigenvalue weighted by atomic mass is 19.4. The lowest BCUT2D eigenvalue weighted by Crippen LogP contribution is -2.39. The number of hydrogen-bond donors (Lipinski definition) is 1. The van der Waals surface area contributed by atoms with E-state index in [1.165, 1.54) is 12.1 Å². The standard InChI is InChI=1S/C11H6F4O4/c12-6-3-1-2-5-4-7(18-10(16)17)9(11(13,14)15)19-8(5)6/h1-4,9H,(H,16,17). The van der Waals surface area contributed by atoms with E-state index in [0.29, 0.717) is 0 Å². The second-order valence-corrected chi connectivity index (χ2v) is 3.61. The quantitative estimate of drug-likeness (QED) is 0.633. The van der Waals surface area contributed by atoms with Crippen LogP contribution < -0.4 is 4.74 Å². The minimum absolute atomic E-state index is 0.0308. The summed E-state index contributed by atoms with van der Waals surface area (Å²) in [6, 6.07) is 3.46. The van der Waals surface area contributed by atoms with Crippen LogP contribution in [0.2, 0.25) is 0 Å². The molecule has 0 aromatic heterocycles. The molecule has 19 heavy (non-hydrogen) atoms. The summed E-state index contributed by atoms with van der Waals surface area (Å²) in [6.45, 7) is 0. The third kappa shape index (κ3) is 2.61. The van der Waals surface area contributed by atoms with Gasteiger partial charge in [-0.3, -0.25) is 0 Å². The Balaban J connectivity index is 2.49. The average Bonchev–Trinajstić information content (AvgIpc) is 2.26. The normalized spacial score (nSPS) is 18.1. The van der Waals surface area contributed by atoms with Crippen molar-refractivity contribution in [2.24, 2.45) is 0 Å². The average molecular weight is 278 g/mol. The summed E-state index contributed by atoms with van der Waals surface area (Å²) >= 11 is 0. The molecular formula is C11H6F4O4. The summed E-state index contributed by atoms with van der Waals surface area (Å²) in [5.41, 5.74) is -0.0308. The van der Waals surface area contributed by atoms with E-state index in [4.69, 9.17) is 5.11 Å². The van der Waals surface area contributed by atoms with E-state index in [0.717, 1.165) is 12.1 Å². The van der Waals surface area contributed by atoms with Gasteiger partial charge in [-0.15, -0.1) is 0 Å². The van der Waals surface area contributed by atoms with Crippen molar-refractivity contribution in [1.29, 1.82) is 0 Å². The van der Waals surface area contributed by atoms with E-state index in [-0.39, 0.29) is 5.56 Å². The number of halogens is 4. The molecule has 1 heterocycles. The summed E-state index contributed by atoms with van der Waals surface area (Å²) in [6.07, 6.45) is -8.72. The molecule has 0 radical (unpaired) electrons. The molecule has 2 rings (SSSR count). The maximum Gasteiger partial charge on any atom is 0.511 e. The van der Waals surface area contributed by atoms with Crippen LogP contribution in [0, 0.1) is 5.82 Å². The van der Waals surface area contributed by atoms with Crippen LogP contribution in [0.5, 0.6) is 5.75 Å². The molecule has 1 unspecified atom stereocenters. The fourth-order valence-electron chi connectivity index (χ4n) is 1.58. The summed E-state index contributed by atoms with van der Waals surface area (Å²) < 4.78 is 60.0. The van der Waals surface area contributed by atoms with Crippen LogP contribution in [0.25, 0.3) is 6.08 Å². The minimum atomic E-state index is -4.93. The molecule has 1 aromatic carbocycles. The molecule has 0 amide bonds. The van der Waals surface area contributed by atoms with Crippen LogP contribution in [-0.2, 0) is 4.74 Å². The zero-order valence-corrected chi connectivity index (χ0v) is 9.07. The van der Waals surface area contributed by atoms with Crippen molar-refractivity contribution in [2.45, 2.75) is 12.3 Å². The molecule has 8 heteroatoms. The lowest BCUT2D eigenvalue weighted by Gasteiger charge is -2.27. The molecule has 0 fully saturated rings. The Hall–Kier alpha value is -2.25. The van der Waals surface area contributed by atoms with Crippen molar-refractivity contribution in [3.05, 3.63) is 35.3 Å². The maximum atomic E-state index is 13.3. The smallest absolute Gasteiger partial charge is 0.469 e. The summed E-state index contributed by atoms with van der Waals surface area (Å²) in [7, 11) is 0. The van der Waals surface area contributed by atoms with Crippen molar-refractivity contribution in [2.75, 3.05) is 0 Å². The van der Waals surface area contributed by atoms with Gasteiger partial charge in [-0.1, -0.05) is 12.1 Å². The van der Waals surface area contributed by atoms with Gasteiger partial charge < -0.3 is 14.6 Å². The highest BCUT2D eigenvalue weighted by Crippen LogP contribution is 2.38. The summed E-state index contributed by atoms with van der Waals surface area (Å²) in [5, 5.41) is 8.39. The third-order valence-corrected chi connectivity index (χ3v) is 2.29. The highest BCUT2D eigenvalue weighted by Gasteiger charge is 2.48. The second-order valence-electron chi connectivity index (χ2n) is 3.61. The molecule has 0 spiro atoms. The van der Waals surface area contributed by atoms with E-state index in [1.807, 2.05) is 0 Å². The Morgan fingerprint density at radius 1 is 1.37 bits per heavy atom. The van der Waals surface area contributed by atoms with E-state index in [9.17, 15) is 22.4 Å². The molecule has 4 nitrogen and oxygen atoms in total. The molecule has 1 aliphatic heterocycles. The van der Waals surface area contributed by atoms with Gasteiger partial charge in [0.2, 0.25) is 0 Å². The predicted octanol–water partition coefficient (Wildman–Crippen LogP) is 3.18. The van der Waals surface area contributed by atoms with Crippen LogP contribution in [0.4, 0.5) is 22.4 Å². The molecule has 0 saturated heterocycles. The molecule has 1 aromatic rings. The first-order valence-corrected chi connectivity index (χ1v) is 4.93. The summed E-state index contributed by atoms with van der Waals surface area (Å²) in [5.74, 6) is -2.53. The van der Waals surface area contributed by atoms with Gasteiger partial charge >= 0.3 is 12.3 Å². The van der Waals surface area contributed by atoms with Crippen molar-refractivity contribution >= 4 is 12.2 Å². The number of ether oxygens (including phenoxy) is 2. The van der Waals surface area contributed by atoms with Crippen LogP contribution in [-0.4, -0.2) is 23.5 Å². The van der Waals surface area contributed by atoms with Gasteiger partial charge in [-0.05, 0) is 12.1 Å². The first-order valence-electron chi connectivity index (χ1n) is 4.93. The Labute approximate surface area is 103 Å². The van der Waals surface area contributed by atoms with Gasteiger partial charge in [0.1, 0.15) is 0 Å². The molecule has 1 atom stereocenters. The molecule has 0 bridgehead atoms. The first-order chi connectivity index (χ1) is 8.79. The zero-order chi connectivity index (χ0) is 14.2. The monoisotopic (exact) mass is 278 g/mol. The van der Waals surface area contributed by atoms with E-state index in [2.05, 4.69) is 9.47 Å². The number of rotatable bonds is 1. The Kier molecular flexibility index (Phi) is 3.09. The maximum absolute atomic E-state index is 13.3. The van der Waals surface area contributed by atoms with Crippen molar-refractivity contribution in [3.8, 4) is 5.75 Å². The van der Waals surface area contributed by atoms with Crippen LogP contribution in [0.15, 0.2) is 24.0 Å². The number of carbonyl (C=O) groups is 1. The van der Waals surface area contributed by atoms with Gasteiger partial charge in [0, 0.05) is 5.56 Å². The number of carboxylic acid groups (broad SMARTS) is 1. The Bertz CT molecular complexity index is 550. The van der Waals surface area contributed by atoms with E-state index < -0.39 is 35.8 Å². The van der Waals surface area contributed by atoms with E-state index >= 15 is 0 Å². The van der Waals surface area contributed by atoms with Gasteiger partial charge in [0.25, 0.3) is 6.10 Å². The molecule has 102 valence electrons. The largest absolute Gasteiger partial charge is 0.511 e. The van der Waals surface area contributed by atoms with Gasteiger partial charge in [-0.2, -0.15) is 13.2 Å². The summed E-state index contributed by atoms with van der Waals surface area (Å²) in [4.78, 5) is 10.4. The van der Waals surface area contributed by atoms with Crippen molar-refractivity contribution < 1.29 is 36.9 Å². The number of alkyl halides is 3. The number of fused-ring (bicyclic) bond motifs is 1. The van der Waals surface area contributed by atoms with Crippen LogP contribution in [0.3, 0.4) is 0 Å². The Morgan fingerprint density at radius 2 is 2.05 bits per heavy atom. The fraction of sp³-hybridized carbons (Fsp3) is 0.182. The molecule has 0 aliphatic carbocycles.